The van der Waals surface area contributed by atoms with Gasteiger partial charge in [-0.15, -0.1) is 0 Å². The van der Waals surface area contributed by atoms with Crippen molar-refractivity contribution in [3.8, 4) is 0 Å². The van der Waals surface area contributed by atoms with Crippen LogP contribution < -0.4 is 5.32 Å². The number of piperidine rings is 1. The summed E-state index contributed by atoms with van der Waals surface area (Å²) in [4.78, 5) is 25.9. The fraction of sp³-hybridized carbons (Fsp3) is 0.556. The predicted octanol–water partition coefficient (Wildman–Crippen LogP) is 1.87. The summed E-state index contributed by atoms with van der Waals surface area (Å²) in [5.74, 6) is -0.665. The molecule has 1 aromatic rings. The molecule has 1 aromatic carbocycles. The van der Waals surface area contributed by atoms with Crippen molar-refractivity contribution < 1.29 is 19.1 Å². The monoisotopic (exact) mass is 336 g/mol. The Morgan fingerprint density at radius 1 is 1.33 bits per heavy atom. The molecule has 1 heterocycles. The van der Waals surface area contributed by atoms with Gasteiger partial charge in [0.15, 0.2) is 0 Å². The normalized spacial score (nSPS) is 19.0. The average Bonchev–Trinajstić information content (AvgIpc) is 2.53. The van der Waals surface area contributed by atoms with E-state index in [0.29, 0.717) is 25.1 Å². The number of aliphatic hydroxyl groups excluding tert-OH is 1. The van der Waals surface area contributed by atoms with Crippen LogP contribution in [0.5, 0.6) is 0 Å². The zero-order valence-corrected chi connectivity index (χ0v) is 14.2. The average molecular weight is 336 g/mol. The van der Waals surface area contributed by atoms with Crippen molar-refractivity contribution in [1.29, 1.82) is 0 Å². The molecule has 132 valence electrons. The van der Waals surface area contributed by atoms with Crippen LogP contribution >= 0.6 is 0 Å². The minimum absolute atomic E-state index is 0.0975. The highest BCUT2D eigenvalue weighted by Crippen LogP contribution is 2.21. The molecule has 0 saturated carbocycles. The van der Waals surface area contributed by atoms with E-state index in [1.54, 1.807) is 4.90 Å². The molecule has 2 atom stereocenters. The number of carbonyl (C=O) groups excluding carboxylic acids is 2. The van der Waals surface area contributed by atoms with Gasteiger partial charge in [0.1, 0.15) is 5.82 Å². The maximum atomic E-state index is 13.0. The minimum Gasteiger partial charge on any atom is -0.387 e. The molecule has 2 amide bonds. The Labute approximate surface area is 141 Å². The first-order chi connectivity index (χ1) is 11.4. The topological polar surface area (TPSA) is 69.6 Å². The highest BCUT2D eigenvalue weighted by molar-refractivity contribution is 5.87. The lowest BCUT2D eigenvalue weighted by atomic mass is 9.95. The van der Waals surface area contributed by atoms with E-state index in [0.717, 1.165) is 0 Å². The maximum absolute atomic E-state index is 13.0. The van der Waals surface area contributed by atoms with Crippen LogP contribution in [-0.2, 0) is 9.59 Å². The Kier molecular flexibility index (Phi) is 6.31. The van der Waals surface area contributed by atoms with E-state index in [1.165, 1.54) is 24.3 Å². The second kappa shape index (κ2) is 8.24. The minimum atomic E-state index is -0.884. The Morgan fingerprint density at radius 2 is 2.00 bits per heavy atom. The van der Waals surface area contributed by atoms with Crippen LogP contribution in [0, 0.1) is 17.7 Å². The van der Waals surface area contributed by atoms with Gasteiger partial charge in [-0.25, -0.2) is 4.39 Å². The number of hydrogen-bond acceptors (Lipinski definition) is 3. The molecular formula is C18H25FN2O3. The molecule has 1 aliphatic heterocycles. The van der Waals surface area contributed by atoms with Gasteiger partial charge in [-0.1, -0.05) is 26.0 Å². The Balaban J connectivity index is 2.07. The van der Waals surface area contributed by atoms with Gasteiger partial charge in [0.05, 0.1) is 12.6 Å². The Morgan fingerprint density at radius 3 is 2.58 bits per heavy atom. The molecule has 0 radical (unpaired) electrons. The molecule has 0 spiro atoms. The quantitative estimate of drug-likeness (QED) is 0.833. The van der Waals surface area contributed by atoms with Crippen LogP contribution in [0.3, 0.4) is 0 Å². The molecule has 0 aliphatic carbocycles. The molecule has 6 heteroatoms. The highest BCUT2D eigenvalue weighted by atomic mass is 19.1. The lowest BCUT2D eigenvalue weighted by Gasteiger charge is -2.32. The lowest BCUT2D eigenvalue weighted by Crippen LogP contribution is -2.45. The number of aliphatic hydroxyl groups is 1. The van der Waals surface area contributed by atoms with Gasteiger partial charge >= 0.3 is 0 Å². The van der Waals surface area contributed by atoms with Gasteiger partial charge in [0.2, 0.25) is 11.8 Å². The SMILES string of the molecule is CC(C)CN(CC(O)c1ccc(F)cc1)C(=O)C1CCNC(=O)C1. The summed E-state index contributed by atoms with van der Waals surface area (Å²) in [5.41, 5.74) is 0.569. The van der Waals surface area contributed by atoms with Crippen LogP contribution in [0.1, 0.15) is 38.4 Å². The van der Waals surface area contributed by atoms with E-state index in [4.69, 9.17) is 0 Å². The number of halogens is 1. The summed E-state index contributed by atoms with van der Waals surface area (Å²) in [7, 11) is 0. The summed E-state index contributed by atoms with van der Waals surface area (Å²) >= 11 is 0. The van der Waals surface area contributed by atoms with Gasteiger partial charge in [-0.3, -0.25) is 9.59 Å². The first-order valence-electron chi connectivity index (χ1n) is 8.36. The second-order valence-corrected chi connectivity index (χ2v) is 6.74. The van der Waals surface area contributed by atoms with E-state index in [1.807, 2.05) is 13.8 Å². The first-order valence-corrected chi connectivity index (χ1v) is 8.36. The third kappa shape index (κ3) is 5.03. The highest BCUT2D eigenvalue weighted by Gasteiger charge is 2.30. The Hall–Kier alpha value is -1.95. The number of nitrogens with one attached hydrogen (secondary N) is 1. The number of amides is 2. The summed E-state index contributed by atoms with van der Waals surface area (Å²) in [5, 5.41) is 13.1. The van der Waals surface area contributed by atoms with Crippen LogP contribution in [0.15, 0.2) is 24.3 Å². The van der Waals surface area contributed by atoms with Gasteiger partial charge < -0.3 is 15.3 Å². The van der Waals surface area contributed by atoms with Gasteiger partial charge in [0, 0.05) is 25.4 Å². The Bertz CT molecular complexity index is 574. The summed E-state index contributed by atoms with van der Waals surface area (Å²) in [6.45, 7) is 5.15. The van der Waals surface area contributed by atoms with Crippen molar-refractivity contribution in [1.82, 2.24) is 10.2 Å². The van der Waals surface area contributed by atoms with E-state index in [9.17, 15) is 19.1 Å². The molecule has 24 heavy (non-hydrogen) atoms. The predicted molar refractivity (Wildman–Crippen MR) is 88.5 cm³/mol. The van der Waals surface area contributed by atoms with Gasteiger partial charge in [-0.05, 0) is 30.0 Å². The van der Waals surface area contributed by atoms with Crippen molar-refractivity contribution in [2.45, 2.75) is 32.8 Å². The van der Waals surface area contributed by atoms with Crippen LogP contribution in [0.2, 0.25) is 0 Å². The molecule has 0 aromatic heterocycles. The summed E-state index contributed by atoms with van der Waals surface area (Å²) < 4.78 is 13.0. The molecule has 1 aliphatic rings. The summed E-state index contributed by atoms with van der Waals surface area (Å²) in [6, 6.07) is 5.62. The number of benzene rings is 1. The van der Waals surface area contributed by atoms with Crippen molar-refractivity contribution in [2.75, 3.05) is 19.6 Å². The van der Waals surface area contributed by atoms with Gasteiger partial charge in [-0.2, -0.15) is 0 Å². The largest absolute Gasteiger partial charge is 0.387 e. The van der Waals surface area contributed by atoms with E-state index in [-0.39, 0.29) is 42.4 Å². The second-order valence-electron chi connectivity index (χ2n) is 6.74. The molecule has 0 bridgehead atoms. The zero-order valence-electron chi connectivity index (χ0n) is 14.2. The molecule has 2 unspecified atom stereocenters. The fourth-order valence-electron chi connectivity index (χ4n) is 2.95. The lowest BCUT2D eigenvalue weighted by molar-refractivity contribution is -0.141. The van der Waals surface area contributed by atoms with Gasteiger partial charge in [0.25, 0.3) is 0 Å². The van der Waals surface area contributed by atoms with Crippen LogP contribution in [0.25, 0.3) is 0 Å². The summed E-state index contributed by atoms with van der Waals surface area (Å²) in [6.07, 6.45) is -0.0722. The van der Waals surface area contributed by atoms with Crippen molar-refractivity contribution in [2.24, 2.45) is 11.8 Å². The zero-order chi connectivity index (χ0) is 17.7. The number of rotatable bonds is 6. The molecule has 2 N–H and O–H groups in total. The molecule has 1 fully saturated rings. The maximum Gasteiger partial charge on any atom is 0.226 e. The van der Waals surface area contributed by atoms with E-state index >= 15 is 0 Å². The third-order valence-corrected chi connectivity index (χ3v) is 4.14. The third-order valence-electron chi connectivity index (χ3n) is 4.14. The number of hydrogen-bond donors (Lipinski definition) is 2. The smallest absolute Gasteiger partial charge is 0.226 e. The van der Waals surface area contributed by atoms with Crippen LogP contribution in [-0.4, -0.2) is 41.5 Å². The van der Waals surface area contributed by atoms with Crippen LogP contribution in [0.4, 0.5) is 4.39 Å². The van der Waals surface area contributed by atoms with Crippen molar-refractivity contribution in [3.63, 3.8) is 0 Å². The fourth-order valence-corrected chi connectivity index (χ4v) is 2.95. The van der Waals surface area contributed by atoms with E-state index in [2.05, 4.69) is 5.32 Å². The first kappa shape index (κ1) is 18.4. The number of carbonyl (C=O) groups is 2. The molecule has 1 saturated heterocycles. The standard InChI is InChI=1S/C18H25FN2O3/c1-12(2)10-21(18(24)14-7-8-20-17(23)9-14)11-16(22)13-3-5-15(19)6-4-13/h3-6,12,14,16,22H,7-11H2,1-2H3,(H,20,23). The molecule has 5 nitrogen and oxygen atoms in total. The van der Waals surface area contributed by atoms with Crippen molar-refractivity contribution in [3.05, 3.63) is 35.6 Å². The van der Waals surface area contributed by atoms with E-state index < -0.39 is 6.10 Å². The van der Waals surface area contributed by atoms with Crippen molar-refractivity contribution >= 4 is 11.8 Å². The molecular weight excluding hydrogens is 311 g/mol. The molecule has 2 rings (SSSR count). The number of nitrogens with zero attached hydrogens (tertiary/aromatic N) is 1.